The highest BCUT2D eigenvalue weighted by Gasteiger charge is 2.31. The predicted molar refractivity (Wildman–Crippen MR) is 99.2 cm³/mol. The first-order chi connectivity index (χ1) is 12.0. The molecule has 2 N–H and O–H groups in total. The maximum Gasteiger partial charge on any atom is 0.347 e. The number of hydrogen-bond donors (Lipinski definition) is 2. The van der Waals surface area contributed by atoms with Crippen molar-refractivity contribution in [2.45, 2.75) is 30.8 Å². The molecule has 1 atom stereocenters. The zero-order valence-electron chi connectivity index (χ0n) is 14.5. The van der Waals surface area contributed by atoms with Gasteiger partial charge in [0.25, 0.3) is 0 Å². The Morgan fingerprint density at radius 1 is 1.42 bits per heavy atom. The summed E-state index contributed by atoms with van der Waals surface area (Å²) in [5.41, 5.74) is 1.77. The Hall–Kier alpha value is -1.61. The van der Waals surface area contributed by atoms with Gasteiger partial charge in [-0.25, -0.2) is 17.9 Å². The van der Waals surface area contributed by atoms with E-state index in [0.29, 0.717) is 24.3 Å². The van der Waals surface area contributed by atoms with Crippen molar-refractivity contribution in [3.05, 3.63) is 35.4 Å². The Morgan fingerprint density at radius 3 is 2.92 bits per heavy atom. The van der Waals surface area contributed by atoms with E-state index >= 15 is 0 Å². The summed E-state index contributed by atoms with van der Waals surface area (Å²) in [6, 6.07) is 4.64. The lowest BCUT2D eigenvalue weighted by molar-refractivity contribution is -0.150. The zero-order valence-corrected chi connectivity index (χ0v) is 16.1. The van der Waals surface area contributed by atoms with Gasteiger partial charge in [0.15, 0.2) is 6.10 Å². The van der Waals surface area contributed by atoms with Gasteiger partial charge < -0.3 is 14.8 Å². The van der Waals surface area contributed by atoms with Gasteiger partial charge >= 0.3 is 5.97 Å². The summed E-state index contributed by atoms with van der Waals surface area (Å²) in [6.07, 6.45) is 2.45. The van der Waals surface area contributed by atoms with Crippen molar-refractivity contribution in [3.8, 4) is 5.75 Å². The molecule has 3 rings (SSSR count). The molecule has 0 radical (unpaired) electrons. The molecule has 1 unspecified atom stereocenters. The van der Waals surface area contributed by atoms with Crippen LogP contribution in [0.4, 0.5) is 0 Å². The average Bonchev–Trinajstić information content (AvgIpc) is 3.05. The fourth-order valence-electron chi connectivity index (χ4n) is 2.86. The van der Waals surface area contributed by atoms with E-state index in [2.05, 4.69) is 10.0 Å². The Kier molecular flexibility index (Phi) is 7.05. The summed E-state index contributed by atoms with van der Waals surface area (Å²) in [5.74, 6) is 0.0946. The third-order valence-corrected chi connectivity index (χ3v) is 5.61. The van der Waals surface area contributed by atoms with E-state index in [9.17, 15) is 13.2 Å². The van der Waals surface area contributed by atoms with Gasteiger partial charge in [-0.1, -0.05) is 11.6 Å². The van der Waals surface area contributed by atoms with Crippen LogP contribution >= 0.6 is 12.4 Å². The summed E-state index contributed by atoms with van der Waals surface area (Å²) in [7, 11) is -3.61. The number of ether oxygens (including phenoxy) is 2. The Bertz CT molecular complexity index is 794. The maximum absolute atomic E-state index is 12.5. The molecule has 0 bridgehead atoms. The van der Waals surface area contributed by atoms with E-state index in [0.717, 1.165) is 25.1 Å². The Morgan fingerprint density at radius 2 is 2.23 bits per heavy atom. The van der Waals surface area contributed by atoms with Gasteiger partial charge in [0.1, 0.15) is 5.75 Å². The molecule has 0 amide bonds. The minimum Gasteiger partial charge on any atom is -0.478 e. The van der Waals surface area contributed by atoms with Crippen LogP contribution in [0.1, 0.15) is 18.9 Å². The zero-order chi connectivity index (χ0) is 17.9. The molecule has 0 saturated carbocycles. The molecule has 7 nitrogen and oxygen atoms in total. The fourth-order valence-corrected chi connectivity index (χ4v) is 3.95. The lowest BCUT2D eigenvalue weighted by Gasteiger charge is -2.15. The van der Waals surface area contributed by atoms with Crippen LogP contribution in [-0.2, 0) is 26.0 Å². The van der Waals surface area contributed by atoms with Crippen molar-refractivity contribution in [1.82, 2.24) is 10.0 Å². The number of carbonyl (C=O) groups is 1. The summed E-state index contributed by atoms with van der Waals surface area (Å²) in [4.78, 5) is 12.0. The van der Waals surface area contributed by atoms with Gasteiger partial charge in [0, 0.05) is 19.5 Å². The highest BCUT2D eigenvalue weighted by atomic mass is 35.5. The van der Waals surface area contributed by atoms with Crippen LogP contribution < -0.4 is 14.8 Å². The predicted octanol–water partition coefficient (Wildman–Crippen LogP) is 1.17. The second kappa shape index (κ2) is 8.85. The van der Waals surface area contributed by atoms with E-state index in [1.54, 1.807) is 19.1 Å². The Labute approximate surface area is 159 Å². The van der Waals surface area contributed by atoms with Crippen molar-refractivity contribution in [1.29, 1.82) is 0 Å². The van der Waals surface area contributed by atoms with Crippen LogP contribution in [0.15, 0.2) is 34.7 Å². The highest BCUT2D eigenvalue weighted by molar-refractivity contribution is 7.89. The molecule has 9 heteroatoms. The first-order valence-electron chi connectivity index (χ1n) is 8.34. The van der Waals surface area contributed by atoms with Crippen molar-refractivity contribution in [2.75, 3.05) is 26.2 Å². The topological polar surface area (TPSA) is 93.7 Å². The van der Waals surface area contributed by atoms with Crippen LogP contribution in [0.25, 0.3) is 0 Å². The average molecular weight is 403 g/mol. The lowest BCUT2D eigenvalue weighted by Crippen LogP contribution is -2.29. The third-order valence-electron chi connectivity index (χ3n) is 4.21. The number of esters is 1. The number of benzene rings is 1. The fraction of sp³-hybridized carbons (Fsp3) is 0.471. The molecule has 2 aliphatic heterocycles. The van der Waals surface area contributed by atoms with E-state index in [1.807, 2.05) is 6.08 Å². The molecule has 0 spiro atoms. The van der Waals surface area contributed by atoms with E-state index in [-0.39, 0.29) is 23.9 Å². The number of sulfonamides is 1. The standard InChI is InChI=1S/C17H22N2O5S.ClH/c1-2-23-17(20)16-10-13-9-14(3-4-15(13)24-16)25(21,22)19-11-12-5-7-18-8-6-12;/h3-5,9,16,18-19H,2,6-8,10-11H2,1H3;1H. The van der Waals surface area contributed by atoms with Crippen molar-refractivity contribution < 1.29 is 22.7 Å². The van der Waals surface area contributed by atoms with Crippen molar-refractivity contribution in [3.63, 3.8) is 0 Å². The van der Waals surface area contributed by atoms with Gasteiger partial charge in [-0.2, -0.15) is 0 Å². The van der Waals surface area contributed by atoms with Gasteiger partial charge in [0.2, 0.25) is 10.0 Å². The molecule has 0 fully saturated rings. The maximum atomic E-state index is 12.5. The van der Waals surface area contributed by atoms with E-state index in [1.165, 1.54) is 6.07 Å². The monoisotopic (exact) mass is 402 g/mol. The first-order valence-corrected chi connectivity index (χ1v) is 9.82. The molecule has 2 aliphatic rings. The number of halogens is 1. The molecule has 1 aromatic rings. The minimum absolute atomic E-state index is 0. The highest BCUT2D eigenvalue weighted by Crippen LogP contribution is 2.31. The number of carbonyl (C=O) groups excluding carboxylic acids is 1. The number of fused-ring (bicyclic) bond motifs is 1. The van der Waals surface area contributed by atoms with Gasteiger partial charge in [-0.3, -0.25) is 0 Å². The molecular formula is C17H23ClN2O5S. The second-order valence-electron chi connectivity index (χ2n) is 5.97. The molecule has 2 heterocycles. The van der Waals surface area contributed by atoms with Crippen LogP contribution in [0.3, 0.4) is 0 Å². The van der Waals surface area contributed by atoms with E-state index < -0.39 is 22.1 Å². The van der Waals surface area contributed by atoms with Crippen molar-refractivity contribution in [2.24, 2.45) is 0 Å². The second-order valence-corrected chi connectivity index (χ2v) is 7.74. The molecule has 26 heavy (non-hydrogen) atoms. The molecule has 0 aromatic heterocycles. The normalized spacial score (nSPS) is 19.0. The largest absolute Gasteiger partial charge is 0.478 e. The molecule has 0 aliphatic carbocycles. The van der Waals surface area contributed by atoms with Crippen LogP contribution in [-0.4, -0.2) is 46.7 Å². The molecule has 144 valence electrons. The number of rotatable bonds is 6. The van der Waals surface area contributed by atoms with Gasteiger partial charge in [0.05, 0.1) is 11.5 Å². The smallest absolute Gasteiger partial charge is 0.347 e. The van der Waals surface area contributed by atoms with Crippen molar-refractivity contribution >= 4 is 28.4 Å². The summed E-state index contributed by atoms with van der Waals surface area (Å²) in [6.45, 7) is 3.95. The van der Waals surface area contributed by atoms with E-state index in [4.69, 9.17) is 9.47 Å². The van der Waals surface area contributed by atoms with Crippen LogP contribution in [0, 0.1) is 0 Å². The third kappa shape index (κ3) is 4.76. The van der Waals surface area contributed by atoms with Gasteiger partial charge in [-0.15, -0.1) is 12.4 Å². The molecule has 1 aromatic carbocycles. The van der Waals surface area contributed by atoms with Gasteiger partial charge in [-0.05, 0) is 43.7 Å². The SMILES string of the molecule is CCOC(=O)C1Cc2cc(S(=O)(=O)NCC3=CCNCC3)ccc2O1.Cl. The summed E-state index contributed by atoms with van der Waals surface area (Å²) < 4.78 is 38.1. The molecular weight excluding hydrogens is 380 g/mol. The quantitative estimate of drug-likeness (QED) is 0.548. The Balaban J connectivity index is 0.00000243. The molecule has 0 saturated heterocycles. The minimum atomic E-state index is -3.61. The summed E-state index contributed by atoms with van der Waals surface area (Å²) in [5, 5.41) is 3.19. The van der Waals surface area contributed by atoms with Crippen LogP contribution in [0.5, 0.6) is 5.75 Å². The number of hydrogen-bond acceptors (Lipinski definition) is 6. The van der Waals surface area contributed by atoms with Crippen LogP contribution in [0.2, 0.25) is 0 Å². The lowest BCUT2D eigenvalue weighted by atomic mass is 10.1. The number of nitrogens with one attached hydrogen (secondary N) is 2. The first kappa shape index (κ1) is 20.7. The summed E-state index contributed by atoms with van der Waals surface area (Å²) >= 11 is 0.